The maximum absolute atomic E-state index is 11.6. The third kappa shape index (κ3) is 3.83. The fourth-order valence-electron chi connectivity index (χ4n) is 1.59. The van der Waals surface area contributed by atoms with Gasteiger partial charge in [0.1, 0.15) is 11.4 Å². The zero-order valence-corrected chi connectivity index (χ0v) is 11.8. The SMILES string of the molecule is CC(C)(C)OC(=O)Nc1cc2cc(Cl)ccc2cn1. The number of amides is 1. The van der Waals surface area contributed by atoms with Gasteiger partial charge in [-0.1, -0.05) is 17.7 Å². The van der Waals surface area contributed by atoms with Gasteiger partial charge in [0.15, 0.2) is 0 Å². The van der Waals surface area contributed by atoms with Gasteiger partial charge >= 0.3 is 6.09 Å². The second-order valence-corrected chi connectivity index (χ2v) is 5.62. The number of ether oxygens (including phenoxy) is 1. The predicted molar refractivity (Wildman–Crippen MR) is 76.6 cm³/mol. The lowest BCUT2D eigenvalue weighted by molar-refractivity contribution is 0.0635. The highest BCUT2D eigenvalue weighted by atomic mass is 35.5. The van der Waals surface area contributed by atoms with E-state index in [2.05, 4.69) is 10.3 Å². The summed E-state index contributed by atoms with van der Waals surface area (Å²) in [5.74, 6) is 0.434. The summed E-state index contributed by atoms with van der Waals surface area (Å²) in [6.45, 7) is 5.42. The van der Waals surface area contributed by atoms with E-state index < -0.39 is 11.7 Å². The summed E-state index contributed by atoms with van der Waals surface area (Å²) in [4.78, 5) is 15.8. The van der Waals surface area contributed by atoms with Crippen molar-refractivity contribution in [2.75, 3.05) is 5.32 Å². The number of nitrogens with one attached hydrogen (secondary N) is 1. The lowest BCUT2D eigenvalue weighted by Crippen LogP contribution is -2.27. The Morgan fingerprint density at radius 2 is 2.00 bits per heavy atom. The van der Waals surface area contributed by atoms with Gasteiger partial charge in [-0.3, -0.25) is 5.32 Å². The minimum atomic E-state index is -0.537. The van der Waals surface area contributed by atoms with Crippen molar-refractivity contribution in [2.24, 2.45) is 0 Å². The Labute approximate surface area is 116 Å². The number of halogens is 1. The second kappa shape index (κ2) is 5.05. The molecule has 0 saturated heterocycles. The lowest BCUT2D eigenvalue weighted by Gasteiger charge is -2.19. The zero-order valence-electron chi connectivity index (χ0n) is 11.0. The quantitative estimate of drug-likeness (QED) is 0.849. The number of carbonyl (C=O) groups is 1. The topological polar surface area (TPSA) is 51.2 Å². The first-order valence-corrected chi connectivity index (χ1v) is 6.27. The number of anilines is 1. The number of aromatic nitrogens is 1. The van der Waals surface area contributed by atoms with Crippen LogP contribution in [-0.4, -0.2) is 16.7 Å². The Balaban J connectivity index is 2.19. The van der Waals surface area contributed by atoms with Crippen LogP contribution in [0.3, 0.4) is 0 Å². The van der Waals surface area contributed by atoms with Crippen molar-refractivity contribution in [1.82, 2.24) is 4.98 Å². The number of nitrogens with zero attached hydrogens (tertiary/aromatic N) is 1. The van der Waals surface area contributed by atoms with Gasteiger partial charge in [-0.2, -0.15) is 0 Å². The van der Waals surface area contributed by atoms with E-state index in [1.54, 1.807) is 39.1 Å². The molecule has 1 aromatic carbocycles. The molecule has 4 nitrogen and oxygen atoms in total. The van der Waals surface area contributed by atoms with Gasteiger partial charge in [0.2, 0.25) is 0 Å². The molecule has 0 fully saturated rings. The van der Waals surface area contributed by atoms with Gasteiger partial charge in [0, 0.05) is 16.6 Å². The van der Waals surface area contributed by atoms with Crippen LogP contribution >= 0.6 is 11.6 Å². The first-order chi connectivity index (χ1) is 8.83. The molecule has 0 atom stereocenters. The van der Waals surface area contributed by atoms with E-state index >= 15 is 0 Å². The number of carbonyl (C=O) groups excluding carboxylic acids is 1. The van der Waals surface area contributed by atoms with E-state index in [0.717, 1.165) is 10.8 Å². The zero-order chi connectivity index (χ0) is 14.0. The van der Waals surface area contributed by atoms with Crippen LogP contribution in [0.1, 0.15) is 20.8 Å². The largest absolute Gasteiger partial charge is 0.444 e. The predicted octanol–water partition coefficient (Wildman–Crippen LogP) is 4.24. The molecule has 0 unspecified atom stereocenters. The molecule has 2 aromatic rings. The van der Waals surface area contributed by atoms with Gasteiger partial charge < -0.3 is 4.74 Å². The Kier molecular flexibility index (Phi) is 3.62. The maximum atomic E-state index is 11.6. The highest BCUT2D eigenvalue weighted by molar-refractivity contribution is 6.31. The number of fused-ring (bicyclic) bond motifs is 1. The molecule has 2 rings (SSSR count). The monoisotopic (exact) mass is 278 g/mol. The lowest BCUT2D eigenvalue weighted by atomic mass is 10.2. The molecule has 0 aliphatic heterocycles. The van der Waals surface area contributed by atoms with Crippen molar-refractivity contribution in [2.45, 2.75) is 26.4 Å². The van der Waals surface area contributed by atoms with Gasteiger partial charge in [-0.15, -0.1) is 0 Å². The van der Waals surface area contributed by atoms with Crippen LogP contribution in [0.25, 0.3) is 10.8 Å². The minimum absolute atomic E-state index is 0.434. The number of rotatable bonds is 1. The standard InChI is InChI=1S/C14H15ClN2O2/c1-14(2,3)19-13(18)17-12-7-10-6-11(15)5-4-9(10)8-16-12/h4-8H,1-3H3,(H,16,17,18). The summed E-state index contributed by atoms with van der Waals surface area (Å²) in [6.07, 6.45) is 1.15. The van der Waals surface area contributed by atoms with E-state index in [1.807, 2.05) is 12.1 Å². The molecule has 5 heteroatoms. The van der Waals surface area contributed by atoms with E-state index in [1.165, 1.54) is 0 Å². The molecule has 1 N–H and O–H groups in total. The Hall–Kier alpha value is -1.81. The van der Waals surface area contributed by atoms with Crippen LogP contribution in [0.5, 0.6) is 0 Å². The number of pyridine rings is 1. The third-order valence-corrected chi connectivity index (χ3v) is 2.55. The maximum Gasteiger partial charge on any atom is 0.413 e. The summed E-state index contributed by atoms with van der Waals surface area (Å²) in [7, 11) is 0. The Morgan fingerprint density at radius 1 is 1.26 bits per heavy atom. The molecule has 1 aromatic heterocycles. The van der Waals surface area contributed by atoms with Crippen molar-refractivity contribution in [1.29, 1.82) is 0 Å². The smallest absolute Gasteiger partial charge is 0.413 e. The van der Waals surface area contributed by atoms with Gasteiger partial charge in [-0.05, 0) is 44.4 Å². The molecule has 100 valence electrons. The molecule has 0 saturated carbocycles. The Bertz CT molecular complexity index is 620. The normalized spacial score (nSPS) is 11.4. The van der Waals surface area contributed by atoms with Crippen LogP contribution in [0.2, 0.25) is 5.02 Å². The molecule has 0 bridgehead atoms. The van der Waals surface area contributed by atoms with E-state index in [-0.39, 0.29) is 0 Å². The number of hydrogen-bond donors (Lipinski definition) is 1. The van der Waals surface area contributed by atoms with Crippen molar-refractivity contribution >= 4 is 34.3 Å². The number of hydrogen-bond acceptors (Lipinski definition) is 3. The highest BCUT2D eigenvalue weighted by Crippen LogP contribution is 2.21. The molecule has 0 aliphatic carbocycles. The van der Waals surface area contributed by atoms with Crippen LogP contribution < -0.4 is 5.32 Å². The average molecular weight is 279 g/mol. The number of benzene rings is 1. The summed E-state index contributed by atoms with van der Waals surface area (Å²) in [5, 5.41) is 5.10. The van der Waals surface area contributed by atoms with Crippen LogP contribution in [-0.2, 0) is 4.74 Å². The molecular formula is C14H15ClN2O2. The van der Waals surface area contributed by atoms with Gasteiger partial charge in [0.05, 0.1) is 0 Å². The van der Waals surface area contributed by atoms with Crippen molar-refractivity contribution in [3.63, 3.8) is 0 Å². The molecule has 0 spiro atoms. The fraction of sp³-hybridized carbons (Fsp3) is 0.286. The average Bonchev–Trinajstić information content (AvgIpc) is 2.25. The third-order valence-electron chi connectivity index (χ3n) is 2.31. The summed E-state index contributed by atoms with van der Waals surface area (Å²) < 4.78 is 5.16. The molecule has 19 heavy (non-hydrogen) atoms. The van der Waals surface area contributed by atoms with Gasteiger partial charge in [-0.25, -0.2) is 9.78 Å². The molecule has 0 radical (unpaired) electrons. The van der Waals surface area contributed by atoms with Crippen LogP contribution in [0.15, 0.2) is 30.5 Å². The van der Waals surface area contributed by atoms with Crippen molar-refractivity contribution in [3.05, 3.63) is 35.5 Å². The highest BCUT2D eigenvalue weighted by Gasteiger charge is 2.16. The first kappa shape index (κ1) is 13.6. The molecule has 1 heterocycles. The van der Waals surface area contributed by atoms with Gasteiger partial charge in [0.25, 0.3) is 0 Å². The van der Waals surface area contributed by atoms with E-state index in [4.69, 9.17) is 16.3 Å². The minimum Gasteiger partial charge on any atom is -0.444 e. The molecule has 1 amide bonds. The summed E-state index contributed by atoms with van der Waals surface area (Å²) >= 11 is 5.93. The first-order valence-electron chi connectivity index (χ1n) is 5.89. The fourth-order valence-corrected chi connectivity index (χ4v) is 1.77. The van der Waals surface area contributed by atoms with Crippen molar-refractivity contribution in [3.8, 4) is 0 Å². The Morgan fingerprint density at radius 3 is 2.68 bits per heavy atom. The van der Waals surface area contributed by atoms with E-state index in [0.29, 0.717) is 10.8 Å². The van der Waals surface area contributed by atoms with Crippen molar-refractivity contribution < 1.29 is 9.53 Å². The molecular weight excluding hydrogens is 264 g/mol. The summed E-state index contributed by atoms with van der Waals surface area (Å²) in [6, 6.07) is 7.25. The summed E-state index contributed by atoms with van der Waals surface area (Å²) in [5.41, 5.74) is -0.537. The molecule has 0 aliphatic rings. The van der Waals surface area contributed by atoms with Crippen LogP contribution in [0, 0.1) is 0 Å². The van der Waals surface area contributed by atoms with Crippen LogP contribution in [0.4, 0.5) is 10.6 Å². The van der Waals surface area contributed by atoms with E-state index in [9.17, 15) is 4.79 Å². The second-order valence-electron chi connectivity index (χ2n) is 5.19.